The number of nitro groups is 1. The van der Waals surface area contributed by atoms with Crippen LogP contribution >= 0.6 is 15.9 Å². The molecule has 0 unspecified atom stereocenters. The summed E-state index contributed by atoms with van der Waals surface area (Å²) in [6, 6.07) is 14.0. The molecule has 0 bridgehead atoms. The Morgan fingerprint density at radius 2 is 1.95 bits per heavy atom. The zero-order valence-corrected chi connectivity index (χ0v) is 23.3. The van der Waals surface area contributed by atoms with Gasteiger partial charge < -0.3 is 9.47 Å². The molecule has 9 nitrogen and oxygen atoms in total. The lowest BCUT2D eigenvalue weighted by Crippen LogP contribution is -2.21. The number of aryl methyl sites for hydroxylation is 1. The van der Waals surface area contributed by atoms with Crippen LogP contribution in [0.4, 0.5) is 5.69 Å². The predicted octanol–water partition coefficient (Wildman–Crippen LogP) is 6.46. The fourth-order valence-corrected chi connectivity index (χ4v) is 4.69. The highest BCUT2D eigenvalue weighted by molar-refractivity contribution is 9.10. The van der Waals surface area contributed by atoms with Gasteiger partial charge in [0.2, 0.25) is 5.75 Å². The number of nitrogens with zero attached hydrogens (tertiary/aromatic N) is 4. The molecule has 1 aromatic heterocycles. The lowest BCUT2D eigenvalue weighted by Gasteiger charge is -2.17. The molecule has 0 amide bonds. The van der Waals surface area contributed by atoms with Crippen LogP contribution in [0.5, 0.6) is 11.5 Å². The summed E-state index contributed by atoms with van der Waals surface area (Å²) < 4.78 is 12.9. The van der Waals surface area contributed by atoms with E-state index in [2.05, 4.69) is 34.9 Å². The Hall–Kier alpha value is -4.05. The van der Waals surface area contributed by atoms with E-state index in [-0.39, 0.29) is 29.5 Å². The van der Waals surface area contributed by atoms with Crippen molar-refractivity contribution >= 4 is 38.7 Å². The van der Waals surface area contributed by atoms with Gasteiger partial charge in [-0.3, -0.25) is 14.9 Å². The third kappa shape index (κ3) is 5.17. The highest BCUT2D eigenvalue weighted by atomic mass is 79.9. The first-order valence-electron chi connectivity index (χ1n) is 12.0. The van der Waals surface area contributed by atoms with Crippen molar-refractivity contribution in [2.75, 3.05) is 13.7 Å². The molecule has 3 aromatic carbocycles. The van der Waals surface area contributed by atoms with Gasteiger partial charge in [0, 0.05) is 21.7 Å². The summed E-state index contributed by atoms with van der Waals surface area (Å²) in [5.74, 6) is 1.32. The van der Waals surface area contributed by atoms with Gasteiger partial charge in [0.1, 0.15) is 5.75 Å². The van der Waals surface area contributed by atoms with E-state index in [0.717, 1.165) is 22.4 Å². The summed E-state index contributed by atoms with van der Waals surface area (Å²) in [6.07, 6.45) is 1.38. The van der Waals surface area contributed by atoms with E-state index < -0.39 is 4.92 Å². The quantitative estimate of drug-likeness (QED) is 0.135. The number of ether oxygens (including phenoxy) is 2. The Morgan fingerprint density at radius 1 is 1.21 bits per heavy atom. The van der Waals surface area contributed by atoms with Gasteiger partial charge in [0.25, 0.3) is 5.56 Å². The average Bonchev–Trinajstić information content (AvgIpc) is 2.88. The smallest absolute Gasteiger partial charge is 0.312 e. The Labute approximate surface area is 228 Å². The molecule has 0 aliphatic heterocycles. The maximum absolute atomic E-state index is 13.7. The van der Waals surface area contributed by atoms with Crippen molar-refractivity contribution in [1.82, 2.24) is 9.66 Å². The van der Waals surface area contributed by atoms with Crippen LogP contribution in [0.25, 0.3) is 22.3 Å². The van der Waals surface area contributed by atoms with Crippen LogP contribution in [0.15, 0.2) is 62.9 Å². The first-order valence-corrected chi connectivity index (χ1v) is 12.8. The summed E-state index contributed by atoms with van der Waals surface area (Å²) >= 11 is 3.32. The maximum atomic E-state index is 13.7. The summed E-state index contributed by atoms with van der Waals surface area (Å²) in [7, 11) is 1.63. The molecule has 0 aliphatic rings. The molecule has 0 saturated carbocycles. The first-order chi connectivity index (χ1) is 18.2. The number of nitro benzene ring substituents is 1. The number of hydrogen-bond acceptors (Lipinski definition) is 7. The van der Waals surface area contributed by atoms with Crippen LogP contribution in [0.3, 0.4) is 0 Å². The second-order valence-electron chi connectivity index (χ2n) is 8.91. The van der Waals surface area contributed by atoms with Crippen LogP contribution in [0.2, 0.25) is 0 Å². The minimum Gasteiger partial charge on any atom is -0.496 e. The third-order valence-electron chi connectivity index (χ3n) is 6.05. The SMILES string of the molecule is CCOc1c(C=Nn2c(-c3cc(C(C)C)c(OC)cc3C)nc3ccccc3c2=O)cc(Br)cc1[N+](=O)[O-]. The molecule has 0 saturated heterocycles. The zero-order valence-electron chi connectivity index (χ0n) is 21.7. The van der Waals surface area contributed by atoms with Gasteiger partial charge in [0.05, 0.1) is 35.8 Å². The fraction of sp³-hybridized carbons (Fsp3) is 0.250. The van der Waals surface area contributed by atoms with Crippen LogP contribution in [0, 0.1) is 17.0 Å². The lowest BCUT2D eigenvalue weighted by atomic mass is 9.96. The first kappa shape index (κ1) is 27.0. The largest absolute Gasteiger partial charge is 0.496 e. The van der Waals surface area contributed by atoms with Crippen molar-refractivity contribution in [3.8, 4) is 22.9 Å². The highest BCUT2D eigenvalue weighted by Gasteiger charge is 2.21. The monoisotopic (exact) mass is 578 g/mol. The molecule has 4 aromatic rings. The molecule has 0 N–H and O–H groups in total. The highest BCUT2D eigenvalue weighted by Crippen LogP contribution is 2.35. The molecular formula is C28H27BrN4O5. The molecule has 1 heterocycles. The van der Waals surface area contributed by atoms with E-state index in [1.165, 1.54) is 17.0 Å². The second-order valence-corrected chi connectivity index (χ2v) is 9.83. The number of aromatic nitrogens is 2. The van der Waals surface area contributed by atoms with Gasteiger partial charge in [-0.05, 0) is 61.2 Å². The number of hydrogen-bond donors (Lipinski definition) is 0. The summed E-state index contributed by atoms with van der Waals surface area (Å²) in [6.45, 7) is 8.00. The van der Waals surface area contributed by atoms with Gasteiger partial charge >= 0.3 is 5.69 Å². The molecule has 10 heteroatoms. The number of methoxy groups -OCH3 is 1. The van der Waals surface area contributed by atoms with E-state index in [1.807, 2.05) is 25.1 Å². The molecule has 4 rings (SSSR count). The fourth-order valence-electron chi connectivity index (χ4n) is 4.23. The Bertz CT molecular complexity index is 1630. The van der Waals surface area contributed by atoms with E-state index in [4.69, 9.17) is 14.5 Å². The van der Waals surface area contributed by atoms with E-state index in [9.17, 15) is 14.9 Å². The summed E-state index contributed by atoms with van der Waals surface area (Å²) in [5, 5.41) is 16.6. The number of para-hydroxylation sites is 1. The van der Waals surface area contributed by atoms with E-state index >= 15 is 0 Å². The second kappa shape index (κ2) is 11.1. The molecule has 38 heavy (non-hydrogen) atoms. The molecule has 0 atom stereocenters. The van der Waals surface area contributed by atoms with Crippen LogP contribution in [0.1, 0.15) is 43.4 Å². The molecule has 0 aliphatic carbocycles. The number of fused-ring (bicyclic) bond motifs is 1. The van der Waals surface area contributed by atoms with Crippen LogP contribution in [-0.2, 0) is 0 Å². The van der Waals surface area contributed by atoms with Crippen molar-refractivity contribution < 1.29 is 14.4 Å². The van der Waals surface area contributed by atoms with Gasteiger partial charge in [-0.1, -0.05) is 41.9 Å². The van der Waals surface area contributed by atoms with Crippen molar-refractivity contribution in [3.63, 3.8) is 0 Å². The predicted molar refractivity (Wildman–Crippen MR) is 152 cm³/mol. The van der Waals surface area contributed by atoms with Crippen molar-refractivity contribution in [2.45, 2.75) is 33.6 Å². The minimum absolute atomic E-state index is 0.0653. The van der Waals surface area contributed by atoms with Gasteiger partial charge in [0.15, 0.2) is 5.82 Å². The third-order valence-corrected chi connectivity index (χ3v) is 6.51. The normalized spacial score (nSPS) is 11.4. The Kier molecular flexibility index (Phi) is 7.91. The van der Waals surface area contributed by atoms with Crippen molar-refractivity contribution in [2.24, 2.45) is 5.10 Å². The van der Waals surface area contributed by atoms with Crippen LogP contribution < -0.4 is 15.0 Å². The molecular weight excluding hydrogens is 552 g/mol. The number of benzene rings is 3. The summed E-state index contributed by atoms with van der Waals surface area (Å²) in [5.41, 5.74) is 2.84. The molecule has 0 fully saturated rings. The maximum Gasteiger partial charge on any atom is 0.312 e. The van der Waals surface area contributed by atoms with Gasteiger partial charge in [-0.2, -0.15) is 9.78 Å². The Morgan fingerprint density at radius 3 is 2.61 bits per heavy atom. The summed E-state index contributed by atoms with van der Waals surface area (Å²) in [4.78, 5) is 29.7. The topological polar surface area (TPSA) is 109 Å². The lowest BCUT2D eigenvalue weighted by molar-refractivity contribution is -0.385. The van der Waals surface area contributed by atoms with Gasteiger partial charge in [-0.25, -0.2) is 4.98 Å². The standard InChI is InChI=1S/C28H27BrN4O5/c1-6-38-26-18(12-19(29)13-24(26)33(35)36)15-30-32-27(31-23-10-8-7-9-20(23)28(32)34)22-14-21(16(2)3)25(37-5)11-17(22)4/h7-16H,6H2,1-5H3. The number of rotatable bonds is 8. The zero-order chi connectivity index (χ0) is 27.6. The average molecular weight is 579 g/mol. The number of halogens is 1. The Balaban J connectivity index is 2.01. The molecule has 196 valence electrons. The molecule has 0 radical (unpaired) electrons. The molecule has 0 spiro atoms. The van der Waals surface area contributed by atoms with Crippen molar-refractivity contribution in [1.29, 1.82) is 0 Å². The van der Waals surface area contributed by atoms with Crippen molar-refractivity contribution in [3.05, 3.63) is 90.2 Å². The van der Waals surface area contributed by atoms with E-state index in [0.29, 0.717) is 26.8 Å². The minimum atomic E-state index is -0.517. The van der Waals surface area contributed by atoms with E-state index in [1.54, 1.807) is 38.3 Å². The van der Waals surface area contributed by atoms with Crippen LogP contribution in [-0.4, -0.2) is 34.5 Å². The van der Waals surface area contributed by atoms with Gasteiger partial charge in [-0.15, -0.1) is 0 Å².